The molecule has 0 fully saturated rings. The molecule has 0 aliphatic carbocycles. The van der Waals surface area contributed by atoms with Gasteiger partial charge < -0.3 is 18.9 Å². The highest BCUT2D eigenvalue weighted by atomic mass is 31.2. The third-order valence-electron chi connectivity index (χ3n) is 8.37. The van der Waals surface area contributed by atoms with Gasteiger partial charge in [-0.25, -0.2) is 4.57 Å². The summed E-state index contributed by atoms with van der Waals surface area (Å²) >= 11 is 0. The molecule has 0 aliphatic rings. The Kier molecular flexibility index (Phi) is 33.4. The fourth-order valence-electron chi connectivity index (χ4n) is 5.18. The maximum absolute atomic E-state index is 12.6. The van der Waals surface area contributed by atoms with Crippen molar-refractivity contribution in [2.45, 2.75) is 161 Å². The van der Waals surface area contributed by atoms with Gasteiger partial charge in [-0.1, -0.05) is 140 Å². The van der Waals surface area contributed by atoms with Crippen molar-refractivity contribution in [3.05, 3.63) is 48.6 Å². The number of quaternary nitrogens is 1. The van der Waals surface area contributed by atoms with E-state index in [0.29, 0.717) is 17.4 Å². The Morgan fingerprint density at radius 2 is 1.10 bits per heavy atom. The number of phosphoric ester groups is 1. The van der Waals surface area contributed by atoms with Gasteiger partial charge in [0.15, 0.2) is 6.10 Å². The molecule has 52 heavy (non-hydrogen) atoms. The third kappa shape index (κ3) is 37.7. The smallest absolute Gasteiger partial charge is 0.462 e. The predicted molar refractivity (Wildman–Crippen MR) is 215 cm³/mol. The van der Waals surface area contributed by atoms with Gasteiger partial charge in [0.2, 0.25) is 0 Å². The molecule has 0 bridgehead atoms. The van der Waals surface area contributed by atoms with Crippen molar-refractivity contribution in [1.82, 2.24) is 0 Å². The van der Waals surface area contributed by atoms with E-state index >= 15 is 0 Å². The zero-order valence-electron chi connectivity index (χ0n) is 33.8. The fraction of sp³-hybridized carbons (Fsp3) is 0.762. The highest BCUT2D eigenvalue weighted by molar-refractivity contribution is 7.47. The Morgan fingerprint density at radius 1 is 0.615 bits per heavy atom. The maximum Gasteiger partial charge on any atom is 0.472 e. The molecule has 1 unspecified atom stereocenters. The first-order valence-electron chi connectivity index (χ1n) is 20.4. The Labute approximate surface area is 318 Å². The number of phosphoric acid groups is 1. The highest BCUT2D eigenvalue weighted by Gasteiger charge is 2.27. The number of likely N-dealkylation sites (N-methyl/N-ethyl adjacent to an activating group) is 1. The summed E-state index contributed by atoms with van der Waals surface area (Å²) < 4.78 is 34.2. The highest BCUT2D eigenvalue weighted by Crippen LogP contribution is 2.43. The minimum atomic E-state index is -4.38. The second-order valence-corrected chi connectivity index (χ2v) is 16.1. The Balaban J connectivity index is 4.49. The summed E-state index contributed by atoms with van der Waals surface area (Å²) in [6, 6.07) is 0. The number of carbonyl (C=O) groups excluding carboxylic acids is 2. The quantitative estimate of drug-likeness (QED) is 0.0221. The average molecular weight is 755 g/mol. The average Bonchev–Trinajstić information content (AvgIpc) is 3.09. The van der Waals surface area contributed by atoms with Crippen molar-refractivity contribution >= 4 is 19.8 Å². The normalized spacial score (nSPS) is 14.2. The monoisotopic (exact) mass is 755 g/mol. The minimum absolute atomic E-state index is 0.0229. The van der Waals surface area contributed by atoms with Crippen LogP contribution in [0.2, 0.25) is 0 Å². The van der Waals surface area contributed by atoms with E-state index in [-0.39, 0.29) is 32.0 Å². The lowest BCUT2D eigenvalue weighted by atomic mass is 10.0. The molecule has 0 rings (SSSR count). The molecule has 9 nitrogen and oxygen atoms in total. The van der Waals surface area contributed by atoms with Crippen LogP contribution in [0.1, 0.15) is 155 Å². The van der Waals surface area contributed by atoms with Gasteiger partial charge in [-0.3, -0.25) is 18.6 Å². The number of allylic oxidation sites excluding steroid dienone is 8. The molecular formula is C42H77NO8P+. The van der Waals surface area contributed by atoms with Crippen molar-refractivity contribution < 1.29 is 42.1 Å². The van der Waals surface area contributed by atoms with Gasteiger partial charge in [-0.15, -0.1) is 0 Å². The van der Waals surface area contributed by atoms with E-state index in [4.69, 9.17) is 18.5 Å². The van der Waals surface area contributed by atoms with Gasteiger partial charge in [0.25, 0.3) is 0 Å². The lowest BCUT2D eigenvalue weighted by Gasteiger charge is -2.24. The number of ether oxygens (including phenoxy) is 2. The number of esters is 2. The van der Waals surface area contributed by atoms with Gasteiger partial charge in [-0.2, -0.15) is 0 Å². The van der Waals surface area contributed by atoms with Crippen LogP contribution < -0.4 is 0 Å². The predicted octanol–water partition coefficient (Wildman–Crippen LogP) is 11.1. The van der Waals surface area contributed by atoms with E-state index in [2.05, 4.69) is 62.5 Å². The summed E-state index contributed by atoms with van der Waals surface area (Å²) in [6.07, 6.45) is 38.7. The van der Waals surface area contributed by atoms with E-state index in [1.165, 1.54) is 64.2 Å². The van der Waals surface area contributed by atoms with Crippen molar-refractivity contribution in [1.29, 1.82) is 0 Å². The first kappa shape index (κ1) is 50.0. The SMILES string of the molecule is CC/C=C\C/C=C\C/C=C\C/C=C\CCCCC(=O)O[C@H](COC(=O)CCCCCCCCCCCCCCC)COP(=O)(O)OCC[N+](C)(C)C. The standard InChI is InChI=1S/C42H76NO8P/c1-6-8-10-12-14-16-18-20-21-23-25-27-29-31-33-35-42(45)51-40(39-50-52(46,47)49-37-36-43(3,4)5)38-48-41(44)34-32-30-28-26-24-22-19-17-15-13-11-9-7-2/h8,10,14,16,20-21,25,27,40H,6-7,9,11-13,15,17-19,22-24,26,28-39H2,1-5H3/p+1/b10-8-,16-14-,21-20-,27-25-/t40-/m1/s1. The molecule has 0 saturated carbocycles. The second kappa shape index (κ2) is 34.7. The first-order chi connectivity index (χ1) is 25.0. The van der Waals surface area contributed by atoms with Crippen molar-refractivity contribution in [3.63, 3.8) is 0 Å². The minimum Gasteiger partial charge on any atom is -0.462 e. The number of hydrogen-bond donors (Lipinski definition) is 1. The van der Waals surface area contributed by atoms with Crippen LogP contribution in [0, 0.1) is 0 Å². The maximum atomic E-state index is 12.6. The molecule has 0 spiro atoms. The van der Waals surface area contributed by atoms with E-state index in [1.54, 1.807) is 0 Å². The molecule has 302 valence electrons. The molecular weight excluding hydrogens is 677 g/mol. The van der Waals surface area contributed by atoms with Gasteiger partial charge in [0.1, 0.15) is 19.8 Å². The first-order valence-corrected chi connectivity index (χ1v) is 21.9. The molecule has 0 amide bonds. The zero-order valence-corrected chi connectivity index (χ0v) is 34.7. The molecule has 1 N–H and O–H groups in total. The number of nitrogens with zero attached hydrogens (tertiary/aromatic N) is 1. The van der Waals surface area contributed by atoms with Crippen LogP contribution in [-0.4, -0.2) is 74.9 Å². The Bertz CT molecular complexity index is 1030. The molecule has 0 saturated heterocycles. The zero-order chi connectivity index (χ0) is 38.6. The number of rotatable bonds is 36. The van der Waals surface area contributed by atoms with Gasteiger partial charge in [-0.05, 0) is 51.4 Å². The van der Waals surface area contributed by atoms with Crippen LogP contribution in [0.25, 0.3) is 0 Å². The molecule has 10 heteroatoms. The Morgan fingerprint density at radius 3 is 1.63 bits per heavy atom. The van der Waals surface area contributed by atoms with Crippen molar-refractivity contribution in [2.24, 2.45) is 0 Å². The molecule has 0 aromatic heterocycles. The molecule has 0 heterocycles. The second-order valence-electron chi connectivity index (χ2n) is 14.6. The summed E-state index contributed by atoms with van der Waals surface area (Å²) in [5, 5.41) is 0. The number of unbranched alkanes of at least 4 members (excludes halogenated alkanes) is 14. The molecule has 0 aromatic carbocycles. The van der Waals surface area contributed by atoms with Crippen LogP contribution >= 0.6 is 7.82 Å². The molecule has 0 aliphatic heterocycles. The van der Waals surface area contributed by atoms with E-state index in [0.717, 1.165) is 57.8 Å². The molecule has 2 atom stereocenters. The summed E-state index contributed by atoms with van der Waals surface area (Å²) in [7, 11) is 1.44. The van der Waals surface area contributed by atoms with Gasteiger partial charge in [0, 0.05) is 12.8 Å². The van der Waals surface area contributed by atoms with Crippen molar-refractivity contribution in [2.75, 3.05) is 47.5 Å². The summed E-state index contributed by atoms with van der Waals surface area (Å²) in [4.78, 5) is 35.2. The number of carbonyl (C=O) groups is 2. The lowest BCUT2D eigenvalue weighted by Crippen LogP contribution is -2.37. The summed E-state index contributed by atoms with van der Waals surface area (Å²) in [5.74, 6) is -0.849. The fourth-order valence-corrected chi connectivity index (χ4v) is 5.92. The third-order valence-corrected chi connectivity index (χ3v) is 9.36. The van der Waals surface area contributed by atoms with Gasteiger partial charge in [0.05, 0.1) is 27.7 Å². The van der Waals surface area contributed by atoms with E-state index in [1.807, 2.05) is 21.1 Å². The largest absolute Gasteiger partial charge is 0.472 e. The topological polar surface area (TPSA) is 108 Å². The van der Waals surface area contributed by atoms with Crippen molar-refractivity contribution in [3.8, 4) is 0 Å². The summed E-state index contributed by atoms with van der Waals surface area (Å²) in [6.45, 7) is 4.24. The van der Waals surface area contributed by atoms with E-state index in [9.17, 15) is 19.0 Å². The van der Waals surface area contributed by atoms with Gasteiger partial charge >= 0.3 is 19.8 Å². The van der Waals surface area contributed by atoms with E-state index < -0.39 is 26.5 Å². The van der Waals surface area contributed by atoms with Crippen LogP contribution in [0.3, 0.4) is 0 Å². The molecule has 0 radical (unpaired) electrons. The van der Waals surface area contributed by atoms with Crippen LogP contribution in [0.4, 0.5) is 0 Å². The Hall–Kier alpha value is -2.03. The summed E-state index contributed by atoms with van der Waals surface area (Å²) in [5.41, 5.74) is 0. The van der Waals surface area contributed by atoms with Crippen LogP contribution in [0.15, 0.2) is 48.6 Å². The number of hydrogen-bond acceptors (Lipinski definition) is 7. The van der Waals surface area contributed by atoms with Crippen LogP contribution in [0.5, 0.6) is 0 Å². The lowest BCUT2D eigenvalue weighted by molar-refractivity contribution is -0.870. The van der Waals surface area contributed by atoms with Crippen LogP contribution in [-0.2, 0) is 32.7 Å². The molecule has 0 aromatic rings.